The molecule has 0 spiro atoms. The summed E-state index contributed by atoms with van der Waals surface area (Å²) in [5, 5.41) is 5.01. The van der Waals surface area contributed by atoms with Crippen molar-refractivity contribution in [1.82, 2.24) is 0 Å². The third-order valence-electron chi connectivity index (χ3n) is 6.08. The number of aromatic nitrogens is 2. The minimum atomic E-state index is 0. The summed E-state index contributed by atoms with van der Waals surface area (Å²) in [7, 11) is 0. The molecule has 6 rings (SSSR count). The molecule has 0 fully saturated rings. The van der Waals surface area contributed by atoms with Crippen LogP contribution in [0.1, 0.15) is 0 Å². The monoisotopic (exact) mass is 480 g/mol. The van der Waals surface area contributed by atoms with Crippen LogP contribution in [0.3, 0.4) is 0 Å². The molecule has 6 aromatic rings. The molecule has 0 bridgehead atoms. The summed E-state index contributed by atoms with van der Waals surface area (Å²) in [6.45, 7) is 0. The molecule has 0 atom stereocenters. The Bertz CT molecular complexity index is 1430. The summed E-state index contributed by atoms with van der Waals surface area (Å²) in [4.78, 5) is 0. The van der Waals surface area contributed by atoms with Gasteiger partial charge in [-0.05, 0) is 34.0 Å². The van der Waals surface area contributed by atoms with Gasteiger partial charge in [-0.1, -0.05) is 60.7 Å². The van der Waals surface area contributed by atoms with Crippen molar-refractivity contribution >= 4 is 21.5 Å². The topological polar surface area (TPSA) is 7.76 Å². The van der Waals surface area contributed by atoms with Crippen molar-refractivity contribution in [3.05, 3.63) is 134 Å². The van der Waals surface area contributed by atoms with Gasteiger partial charge < -0.3 is 24.8 Å². The number of pyridine rings is 2. The molecule has 0 amide bonds. The SMILES string of the molecule is [Cl-].[Cl-].c1ccc2c(-[n+]3ccc(-c4cc[n+](-c5cccc6ccccc56)cc4)cc3)cccc2c1. The van der Waals surface area contributed by atoms with E-state index in [1.165, 1.54) is 44.0 Å². The molecule has 0 radical (unpaired) electrons. The average molecular weight is 481 g/mol. The zero-order valence-electron chi connectivity index (χ0n) is 18.4. The van der Waals surface area contributed by atoms with Crippen LogP contribution >= 0.6 is 0 Å². The molecule has 0 aliphatic heterocycles. The zero-order chi connectivity index (χ0) is 21.3. The maximum atomic E-state index is 2.19. The Hall–Kier alpha value is -3.72. The fourth-order valence-corrected chi connectivity index (χ4v) is 4.43. The smallest absolute Gasteiger partial charge is 0.218 e. The number of benzene rings is 4. The largest absolute Gasteiger partial charge is 1.00 e. The van der Waals surface area contributed by atoms with E-state index in [-0.39, 0.29) is 24.8 Å². The second-order valence-electron chi connectivity index (χ2n) is 7.98. The van der Waals surface area contributed by atoms with E-state index in [1.807, 2.05) is 0 Å². The molecule has 0 unspecified atom stereocenters. The predicted octanol–water partition coefficient (Wildman–Crippen LogP) is 0.221. The van der Waals surface area contributed by atoms with Gasteiger partial charge in [0.2, 0.25) is 11.4 Å². The number of halogens is 2. The fraction of sp³-hybridized carbons (Fsp3) is 0. The number of rotatable bonds is 3. The van der Waals surface area contributed by atoms with E-state index >= 15 is 0 Å². The van der Waals surface area contributed by atoms with Gasteiger partial charge in [0.25, 0.3) is 0 Å². The van der Waals surface area contributed by atoms with Crippen LogP contribution in [0.5, 0.6) is 0 Å². The summed E-state index contributed by atoms with van der Waals surface area (Å²) in [6, 6.07) is 38.6. The molecular formula is C30H22Cl2N2. The first-order valence-corrected chi connectivity index (χ1v) is 10.9. The highest BCUT2D eigenvalue weighted by molar-refractivity contribution is 5.89. The maximum absolute atomic E-state index is 2.19. The summed E-state index contributed by atoms with van der Waals surface area (Å²) in [5.41, 5.74) is 4.78. The number of fused-ring (bicyclic) bond motifs is 2. The standard InChI is InChI=1S/C30H22N2.2ClH/c1-3-11-27-25(7-1)9-5-13-29(27)31-19-15-23(16-20-31)24-17-21-32(22-18-24)30-14-6-10-26-8-2-4-12-28(26)30;;/h1-22H;2*1H/q+2;;/p-2. The van der Waals surface area contributed by atoms with Gasteiger partial charge in [0.1, 0.15) is 0 Å². The lowest BCUT2D eigenvalue weighted by atomic mass is 10.1. The van der Waals surface area contributed by atoms with E-state index < -0.39 is 0 Å². The molecule has 2 aromatic heterocycles. The van der Waals surface area contributed by atoms with Crippen molar-refractivity contribution in [2.45, 2.75) is 0 Å². The lowest BCUT2D eigenvalue weighted by Gasteiger charge is -2.04. The van der Waals surface area contributed by atoms with E-state index in [9.17, 15) is 0 Å². The van der Waals surface area contributed by atoms with Crippen LogP contribution in [0.2, 0.25) is 0 Å². The molecule has 0 aliphatic rings. The Labute approximate surface area is 211 Å². The third-order valence-corrected chi connectivity index (χ3v) is 6.08. The zero-order valence-corrected chi connectivity index (χ0v) is 19.9. The molecule has 34 heavy (non-hydrogen) atoms. The fourth-order valence-electron chi connectivity index (χ4n) is 4.43. The van der Waals surface area contributed by atoms with Crippen molar-refractivity contribution in [2.75, 3.05) is 0 Å². The molecule has 0 N–H and O–H groups in total. The van der Waals surface area contributed by atoms with Crippen LogP contribution in [0, 0.1) is 0 Å². The Balaban J connectivity index is 0.00000137. The van der Waals surface area contributed by atoms with E-state index in [4.69, 9.17) is 0 Å². The van der Waals surface area contributed by atoms with Gasteiger partial charge >= 0.3 is 0 Å². The Morgan fingerprint density at radius 1 is 0.353 bits per heavy atom. The van der Waals surface area contributed by atoms with E-state index in [2.05, 4.69) is 143 Å². The lowest BCUT2D eigenvalue weighted by Crippen LogP contribution is -3.00. The van der Waals surface area contributed by atoms with Gasteiger partial charge in [-0.3, -0.25) is 0 Å². The number of hydrogen-bond acceptors (Lipinski definition) is 0. The van der Waals surface area contributed by atoms with Gasteiger partial charge in [0.05, 0.1) is 10.8 Å². The van der Waals surface area contributed by atoms with Gasteiger partial charge in [0.15, 0.2) is 24.8 Å². The first-order valence-electron chi connectivity index (χ1n) is 10.9. The van der Waals surface area contributed by atoms with Gasteiger partial charge in [-0.2, -0.15) is 9.13 Å². The molecule has 4 heteroatoms. The molecular weight excluding hydrogens is 459 g/mol. The van der Waals surface area contributed by atoms with Gasteiger partial charge in [0, 0.05) is 36.4 Å². The highest BCUT2D eigenvalue weighted by Gasteiger charge is 2.13. The number of nitrogens with zero attached hydrogens (tertiary/aromatic N) is 2. The van der Waals surface area contributed by atoms with Crippen molar-refractivity contribution in [2.24, 2.45) is 0 Å². The average Bonchev–Trinajstić information content (AvgIpc) is 2.88. The second kappa shape index (κ2) is 10.0. The van der Waals surface area contributed by atoms with Crippen LogP contribution < -0.4 is 33.9 Å². The predicted molar refractivity (Wildman–Crippen MR) is 130 cm³/mol. The minimum absolute atomic E-state index is 0. The van der Waals surface area contributed by atoms with Gasteiger partial charge in [-0.25, -0.2) is 0 Å². The first kappa shape index (κ1) is 23.4. The van der Waals surface area contributed by atoms with Crippen molar-refractivity contribution in [1.29, 1.82) is 0 Å². The molecule has 0 saturated heterocycles. The van der Waals surface area contributed by atoms with E-state index in [0.717, 1.165) is 0 Å². The van der Waals surface area contributed by atoms with Crippen molar-refractivity contribution < 1.29 is 33.9 Å². The quantitative estimate of drug-likeness (QED) is 0.320. The first-order chi connectivity index (χ1) is 15.9. The summed E-state index contributed by atoms with van der Waals surface area (Å²) >= 11 is 0. The van der Waals surface area contributed by atoms with Crippen LogP contribution in [0.25, 0.3) is 44.0 Å². The normalized spacial score (nSPS) is 10.5. The molecule has 2 heterocycles. The van der Waals surface area contributed by atoms with Crippen LogP contribution in [0.4, 0.5) is 0 Å². The summed E-state index contributed by atoms with van der Waals surface area (Å²) in [5.74, 6) is 0. The summed E-state index contributed by atoms with van der Waals surface area (Å²) in [6.07, 6.45) is 8.57. The maximum Gasteiger partial charge on any atom is 0.218 e. The highest BCUT2D eigenvalue weighted by Crippen LogP contribution is 2.22. The number of hydrogen-bond donors (Lipinski definition) is 0. The highest BCUT2D eigenvalue weighted by atomic mass is 35.5. The molecule has 0 aliphatic carbocycles. The van der Waals surface area contributed by atoms with Crippen molar-refractivity contribution in [3.8, 4) is 22.5 Å². The Morgan fingerprint density at radius 3 is 1.12 bits per heavy atom. The molecule has 166 valence electrons. The molecule has 4 aromatic carbocycles. The van der Waals surface area contributed by atoms with Crippen molar-refractivity contribution in [3.63, 3.8) is 0 Å². The van der Waals surface area contributed by atoms with Crippen LogP contribution in [0.15, 0.2) is 134 Å². The summed E-state index contributed by atoms with van der Waals surface area (Å²) < 4.78 is 4.37. The molecule has 0 saturated carbocycles. The second-order valence-corrected chi connectivity index (χ2v) is 7.98. The van der Waals surface area contributed by atoms with Gasteiger partial charge in [-0.15, -0.1) is 0 Å². The third kappa shape index (κ3) is 4.26. The van der Waals surface area contributed by atoms with Crippen LogP contribution in [-0.2, 0) is 0 Å². The van der Waals surface area contributed by atoms with E-state index in [1.54, 1.807) is 0 Å². The Morgan fingerprint density at radius 2 is 0.706 bits per heavy atom. The van der Waals surface area contributed by atoms with E-state index in [0.29, 0.717) is 0 Å². The Kier molecular flexibility index (Phi) is 6.93. The lowest BCUT2D eigenvalue weighted by molar-refractivity contribution is -0.594. The van der Waals surface area contributed by atoms with Crippen LogP contribution in [-0.4, -0.2) is 0 Å². The minimum Gasteiger partial charge on any atom is -1.00 e. The molecule has 2 nitrogen and oxygen atoms in total.